The summed E-state index contributed by atoms with van der Waals surface area (Å²) in [5.74, 6) is 0.0719. The van der Waals surface area contributed by atoms with E-state index in [9.17, 15) is 9.90 Å². The molecule has 0 heterocycles. The maximum absolute atomic E-state index is 11.4. The van der Waals surface area contributed by atoms with Gasteiger partial charge in [0.1, 0.15) is 5.60 Å². The van der Waals surface area contributed by atoms with Gasteiger partial charge in [0.05, 0.1) is 18.3 Å². The number of aromatic hydroxyl groups is 1. The van der Waals surface area contributed by atoms with Crippen LogP contribution >= 0.6 is 11.6 Å². The fraction of sp³-hybridized carbons (Fsp3) is 0.385. The highest BCUT2D eigenvalue weighted by molar-refractivity contribution is 6.32. The third-order valence-electron chi connectivity index (χ3n) is 2.04. The van der Waals surface area contributed by atoms with Crippen LogP contribution in [0.2, 0.25) is 5.02 Å². The predicted octanol–water partition coefficient (Wildman–Crippen LogP) is 2.91. The molecule has 110 valence electrons. The zero-order valence-corrected chi connectivity index (χ0v) is 12.5. The van der Waals surface area contributed by atoms with Crippen LogP contribution in [0.3, 0.4) is 0 Å². The van der Waals surface area contributed by atoms with Gasteiger partial charge in [-0.1, -0.05) is 11.6 Å². The first kappa shape index (κ1) is 16.1. The second kappa shape index (κ2) is 6.47. The van der Waals surface area contributed by atoms with Crippen LogP contribution in [0.4, 0.5) is 4.79 Å². The van der Waals surface area contributed by atoms with E-state index in [1.807, 2.05) is 0 Å². The van der Waals surface area contributed by atoms with Crippen molar-refractivity contribution in [3.63, 3.8) is 0 Å². The average molecular weight is 301 g/mol. The van der Waals surface area contributed by atoms with Crippen LogP contribution in [0.15, 0.2) is 17.2 Å². The number of methoxy groups -OCH3 is 1. The van der Waals surface area contributed by atoms with E-state index in [0.717, 1.165) is 0 Å². The molecule has 7 heteroatoms. The fourth-order valence-corrected chi connectivity index (χ4v) is 1.50. The Balaban J connectivity index is 2.72. The first-order valence-electron chi connectivity index (χ1n) is 5.81. The zero-order valence-electron chi connectivity index (χ0n) is 11.7. The molecule has 6 nitrogen and oxygen atoms in total. The van der Waals surface area contributed by atoms with Crippen LogP contribution < -0.4 is 10.2 Å². The van der Waals surface area contributed by atoms with Crippen molar-refractivity contribution in [3.05, 3.63) is 22.7 Å². The molecule has 0 saturated carbocycles. The molecule has 0 bridgehead atoms. The van der Waals surface area contributed by atoms with Crippen LogP contribution in [-0.4, -0.2) is 30.1 Å². The minimum Gasteiger partial charge on any atom is -0.503 e. The normalized spacial score (nSPS) is 11.4. The van der Waals surface area contributed by atoms with Crippen LogP contribution in [0.25, 0.3) is 0 Å². The summed E-state index contributed by atoms with van der Waals surface area (Å²) in [5, 5.41) is 13.4. The maximum Gasteiger partial charge on any atom is 0.428 e. The minimum absolute atomic E-state index is 0.128. The number of ether oxygens (including phenoxy) is 2. The van der Waals surface area contributed by atoms with Crippen molar-refractivity contribution in [2.45, 2.75) is 26.4 Å². The average Bonchev–Trinajstić information content (AvgIpc) is 2.31. The number of hydrogen-bond acceptors (Lipinski definition) is 5. The van der Waals surface area contributed by atoms with E-state index in [1.165, 1.54) is 25.5 Å². The molecule has 0 spiro atoms. The topological polar surface area (TPSA) is 80.2 Å². The lowest BCUT2D eigenvalue weighted by molar-refractivity contribution is 0.0529. The van der Waals surface area contributed by atoms with E-state index in [2.05, 4.69) is 10.5 Å². The summed E-state index contributed by atoms with van der Waals surface area (Å²) in [6, 6.07) is 3.02. The van der Waals surface area contributed by atoms with Crippen molar-refractivity contribution < 1.29 is 19.4 Å². The molecule has 0 aliphatic rings. The summed E-state index contributed by atoms with van der Waals surface area (Å²) in [6.07, 6.45) is 0.697. The number of hydrazone groups is 1. The van der Waals surface area contributed by atoms with Crippen LogP contribution in [-0.2, 0) is 4.74 Å². The van der Waals surface area contributed by atoms with E-state index in [1.54, 1.807) is 20.8 Å². The van der Waals surface area contributed by atoms with Gasteiger partial charge in [-0.05, 0) is 38.5 Å². The molecule has 1 rings (SSSR count). The predicted molar refractivity (Wildman–Crippen MR) is 76.6 cm³/mol. The maximum atomic E-state index is 11.4. The Morgan fingerprint density at radius 3 is 2.65 bits per heavy atom. The van der Waals surface area contributed by atoms with Gasteiger partial charge >= 0.3 is 6.09 Å². The summed E-state index contributed by atoms with van der Waals surface area (Å²) in [5.41, 5.74) is 2.18. The van der Waals surface area contributed by atoms with Crippen LogP contribution in [0.1, 0.15) is 26.3 Å². The Kier molecular flexibility index (Phi) is 5.21. The smallest absolute Gasteiger partial charge is 0.428 e. The number of amides is 1. The van der Waals surface area contributed by atoms with E-state index >= 15 is 0 Å². The van der Waals surface area contributed by atoms with Crippen molar-refractivity contribution in [2.75, 3.05) is 7.11 Å². The van der Waals surface area contributed by atoms with Crippen molar-refractivity contribution in [1.29, 1.82) is 0 Å². The highest BCUT2D eigenvalue weighted by Gasteiger charge is 2.15. The summed E-state index contributed by atoms with van der Waals surface area (Å²) >= 11 is 5.82. The molecule has 0 aliphatic heterocycles. The molecule has 0 saturated heterocycles. The third-order valence-corrected chi connectivity index (χ3v) is 2.33. The summed E-state index contributed by atoms with van der Waals surface area (Å²) in [4.78, 5) is 11.4. The molecule has 0 fully saturated rings. The Labute approximate surface area is 122 Å². The monoisotopic (exact) mass is 300 g/mol. The van der Waals surface area contributed by atoms with Crippen molar-refractivity contribution >= 4 is 23.9 Å². The second-order valence-corrected chi connectivity index (χ2v) is 5.33. The number of nitrogens with one attached hydrogen (secondary N) is 1. The van der Waals surface area contributed by atoms with Gasteiger partial charge < -0.3 is 14.6 Å². The molecule has 0 radical (unpaired) electrons. The lowest BCUT2D eigenvalue weighted by Gasteiger charge is -2.18. The summed E-state index contributed by atoms with van der Waals surface area (Å²) < 4.78 is 9.96. The minimum atomic E-state index is -0.661. The number of phenolic OH excluding ortho intramolecular Hbond substituents is 1. The largest absolute Gasteiger partial charge is 0.503 e. The van der Waals surface area contributed by atoms with Crippen molar-refractivity contribution in [1.82, 2.24) is 5.43 Å². The standard InChI is InChI=1S/C13H17ClN2O4/c1-13(2,3)20-12(18)16-15-7-8-5-9(14)11(17)10(6-8)19-4/h5-7,17H,1-4H3,(H,16,18)/b15-7+. The number of carbonyl (C=O) groups is 1. The number of carbonyl (C=O) groups excluding carboxylic acids is 1. The van der Waals surface area contributed by atoms with Gasteiger partial charge in [-0.15, -0.1) is 0 Å². The van der Waals surface area contributed by atoms with Gasteiger partial charge in [0.15, 0.2) is 11.5 Å². The molecule has 2 N–H and O–H groups in total. The SMILES string of the molecule is COc1cc(/C=N/NC(=O)OC(C)(C)C)cc(Cl)c1O. The number of phenols is 1. The summed E-state index contributed by atoms with van der Waals surface area (Å²) in [7, 11) is 1.41. The van der Waals surface area contributed by atoms with Crippen LogP contribution in [0.5, 0.6) is 11.5 Å². The van der Waals surface area contributed by atoms with Crippen molar-refractivity contribution in [3.8, 4) is 11.5 Å². The molecular formula is C13H17ClN2O4. The quantitative estimate of drug-likeness (QED) is 0.664. The van der Waals surface area contributed by atoms with Gasteiger partial charge in [-0.3, -0.25) is 0 Å². The van der Waals surface area contributed by atoms with Crippen LogP contribution in [0, 0.1) is 0 Å². The second-order valence-electron chi connectivity index (χ2n) is 4.93. The summed E-state index contributed by atoms with van der Waals surface area (Å²) in [6.45, 7) is 5.25. The van der Waals surface area contributed by atoms with Gasteiger partial charge in [0, 0.05) is 0 Å². The van der Waals surface area contributed by atoms with E-state index in [-0.39, 0.29) is 16.5 Å². The molecule has 0 aromatic heterocycles. The Morgan fingerprint density at radius 2 is 2.10 bits per heavy atom. The zero-order chi connectivity index (χ0) is 15.3. The highest BCUT2D eigenvalue weighted by atomic mass is 35.5. The Hall–Kier alpha value is -1.95. The molecule has 20 heavy (non-hydrogen) atoms. The van der Waals surface area contributed by atoms with E-state index in [4.69, 9.17) is 21.1 Å². The molecule has 0 atom stereocenters. The number of hydrogen-bond donors (Lipinski definition) is 2. The van der Waals surface area contributed by atoms with Gasteiger partial charge in [-0.25, -0.2) is 10.2 Å². The fourth-order valence-electron chi connectivity index (χ4n) is 1.28. The number of rotatable bonds is 3. The molecule has 0 aliphatic carbocycles. The van der Waals surface area contributed by atoms with Gasteiger partial charge in [-0.2, -0.15) is 5.10 Å². The molecular weight excluding hydrogens is 284 g/mol. The lowest BCUT2D eigenvalue weighted by Crippen LogP contribution is -2.29. The molecule has 1 amide bonds. The highest BCUT2D eigenvalue weighted by Crippen LogP contribution is 2.34. The van der Waals surface area contributed by atoms with E-state index < -0.39 is 11.7 Å². The number of nitrogens with zero attached hydrogens (tertiary/aromatic N) is 1. The number of halogens is 1. The van der Waals surface area contributed by atoms with Gasteiger partial charge in [0.25, 0.3) is 0 Å². The lowest BCUT2D eigenvalue weighted by atomic mass is 10.2. The third kappa shape index (κ3) is 4.97. The Bertz CT molecular complexity index is 524. The molecule has 1 aromatic rings. The molecule has 1 aromatic carbocycles. The number of benzene rings is 1. The Morgan fingerprint density at radius 1 is 1.45 bits per heavy atom. The van der Waals surface area contributed by atoms with E-state index in [0.29, 0.717) is 5.56 Å². The first-order chi connectivity index (χ1) is 9.23. The van der Waals surface area contributed by atoms with Gasteiger partial charge in [0.2, 0.25) is 0 Å². The molecule has 0 unspecified atom stereocenters. The first-order valence-corrected chi connectivity index (χ1v) is 6.19. The van der Waals surface area contributed by atoms with Crippen molar-refractivity contribution in [2.24, 2.45) is 5.10 Å².